The number of aromatic nitrogens is 1. The van der Waals surface area contributed by atoms with Crippen LogP contribution in [0.15, 0.2) is 11.7 Å². The van der Waals surface area contributed by atoms with Gasteiger partial charge in [-0.1, -0.05) is 19.3 Å². The molecule has 5 nitrogen and oxygen atoms in total. The molecule has 1 amide bonds. The van der Waals surface area contributed by atoms with Crippen LogP contribution in [0.2, 0.25) is 0 Å². The standard InChI is InChI=1S/C13H18N2O3S/c16-11(15-8-10-7-14-9-19-10)6-13(12(17)18)4-2-1-3-5-13/h7,9H,1-6,8H2,(H,15,16)(H,17,18). The highest BCUT2D eigenvalue weighted by molar-refractivity contribution is 7.09. The number of aliphatic carboxylic acids is 1. The van der Waals surface area contributed by atoms with Crippen molar-refractivity contribution in [2.24, 2.45) is 5.41 Å². The first-order valence-electron chi connectivity index (χ1n) is 6.50. The van der Waals surface area contributed by atoms with E-state index < -0.39 is 11.4 Å². The first kappa shape index (κ1) is 14.0. The molecule has 0 aromatic carbocycles. The number of carboxylic acid groups (broad SMARTS) is 1. The second kappa shape index (κ2) is 6.14. The van der Waals surface area contributed by atoms with E-state index in [-0.39, 0.29) is 12.3 Å². The third-order valence-corrected chi connectivity index (χ3v) is 4.49. The Kier molecular flexibility index (Phi) is 4.52. The zero-order chi connectivity index (χ0) is 13.7. The van der Waals surface area contributed by atoms with Crippen LogP contribution in [0.25, 0.3) is 0 Å². The van der Waals surface area contributed by atoms with Gasteiger partial charge in [0.25, 0.3) is 0 Å². The van der Waals surface area contributed by atoms with E-state index in [1.165, 1.54) is 11.3 Å². The minimum atomic E-state index is -0.851. The van der Waals surface area contributed by atoms with Crippen LogP contribution in [0.3, 0.4) is 0 Å². The highest BCUT2D eigenvalue weighted by Gasteiger charge is 2.41. The third kappa shape index (κ3) is 3.53. The van der Waals surface area contributed by atoms with Crippen molar-refractivity contribution in [1.29, 1.82) is 0 Å². The number of amides is 1. The maximum Gasteiger partial charge on any atom is 0.310 e. The fourth-order valence-corrected chi connectivity index (χ4v) is 3.11. The van der Waals surface area contributed by atoms with Crippen LogP contribution < -0.4 is 5.32 Å². The summed E-state index contributed by atoms with van der Waals surface area (Å²) in [4.78, 5) is 28.3. The molecule has 104 valence electrons. The molecule has 1 aromatic rings. The fourth-order valence-electron chi connectivity index (χ4n) is 2.58. The maximum atomic E-state index is 11.9. The van der Waals surface area contributed by atoms with Crippen LogP contribution in [-0.2, 0) is 16.1 Å². The number of nitrogens with zero attached hydrogens (tertiary/aromatic N) is 1. The number of thiazole rings is 1. The number of carbonyl (C=O) groups excluding carboxylic acids is 1. The Hall–Kier alpha value is -1.43. The second-order valence-corrected chi connectivity index (χ2v) is 6.04. The Bertz CT molecular complexity index is 439. The summed E-state index contributed by atoms with van der Waals surface area (Å²) < 4.78 is 0. The molecule has 1 aromatic heterocycles. The highest BCUT2D eigenvalue weighted by Crippen LogP contribution is 2.39. The van der Waals surface area contributed by atoms with Gasteiger partial charge in [-0.25, -0.2) is 0 Å². The summed E-state index contributed by atoms with van der Waals surface area (Å²) in [6.45, 7) is 0.430. The second-order valence-electron chi connectivity index (χ2n) is 5.07. The first-order chi connectivity index (χ1) is 9.12. The number of carboxylic acids is 1. The molecule has 0 radical (unpaired) electrons. The van der Waals surface area contributed by atoms with Gasteiger partial charge in [0.2, 0.25) is 5.91 Å². The Morgan fingerprint density at radius 2 is 2.11 bits per heavy atom. The molecule has 1 heterocycles. The van der Waals surface area contributed by atoms with E-state index >= 15 is 0 Å². The lowest BCUT2D eigenvalue weighted by Crippen LogP contribution is -2.39. The molecule has 1 saturated carbocycles. The van der Waals surface area contributed by atoms with E-state index in [0.29, 0.717) is 19.4 Å². The smallest absolute Gasteiger partial charge is 0.310 e. The Balaban J connectivity index is 1.90. The normalized spacial score (nSPS) is 17.9. The van der Waals surface area contributed by atoms with Crippen molar-refractivity contribution in [3.05, 3.63) is 16.6 Å². The molecule has 1 aliphatic carbocycles. The summed E-state index contributed by atoms with van der Waals surface area (Å²) in [5, 5.41) is 12.2. The Morgan fingerprint density at radius 3 is 2.68 bits per heavy atom. The summed E-state index contributed by atoms with van der Waals surface area (Å²) >= 11 is 1.47. The van der Waals surface area contributed by atoms with Gasteiger partial charge in [-0.3, -0.25) is 14.6 Å². The van der Waals surface area contributed by atoms with Gasteiger partial charge in [0, 0.05) is 17.5 Å². The molecule has 19 heavy (non-hydrogen) atoms. The monoisotopic (exact) mass is 282 g/mol. The van der Waals surface area contributed by atoms with Crippen LogP contribution in [-0.4, -0.2) is 22.0 Å². The molecule has 2 rings (SSSR count). The average molecular weight is 282 g/mol. The van der Waals surface area contributed by atoms with Gasteiger partial charge in [-0.2, -0.15) is 0 Å². The molecule has 2 N–H and O–H groups in total. The topological polar surface area (TPSA) is 79.3 Å². The molecule has 0 atom stereocenters. The van der Waals surface area contributed by atoms with Crippen LogP contribution in [0.4, 0.5) is 0 Å². The molecule has 0 unspecified atom stereocenters. The van der Waals surface area contributed by atoms with E-state index in [0.717, 1.165) is 24.1 Å². The lowest BCUT2D eigenvalue weighted by molar-refractivity contribution is -0.154. The van der Waals surface area contributed by atoms with E-state index in [9.17, 15) is 14.7 Å². The molecule has 0 bridgehead atoms. The van der Waals surface area contributed by atoms with Crippen LogP contribution in [0.1, 0.15) is 43.4 Å². The number of nitrogens with one attached hydrogen (secondary N) is 1. The highest BCUT2D eigenvalue weighted by atomic mass is 32.1. The van der Waals surface area contributed by atoms with E-state index in [2.05, 4.69) is 10.3 Å². The lowest BCUT2D eigenvalue weighted by Gasteiger charge is -2.32. The van der Waals surface area contributed by atoms with Crippen LogP contribution in [0, 0.1) is 5.41 Å². The first-order valence-corrected chi connectivity index (χ1v) is 7.38. The zero-order valence-corrected chi connectivity index (χ0v) is 11.5. The fraction of sp³-hybridized carbons (Fsp3) is 0.615. The third-order valence-electron chi connectivity index (χ3n) is 3.71. The molecule has 1 aliphatic rings. The van der Waals surface area contributed by atoms with Gasteiger partial charge in [0.1, 0.15) is 0 Å². The SMILES string of the molecule is O=C(CC1(C(=O)O)CCCCC1)NCc1cncs1. The summed E-state index contributed by atoms with van der Waals surface area (Å²) in [5.74, 6) is -1.02. The van der Waals surface area contributed by atoms with Gasteiger partial charge >= 0.3 is 5.97 Å². The quantitative estimate of drug-likeness (QED) is 0.867. The summed E-state index contributed by atoms with van der Waals surface area (Å²) in [5.41, 5.74) is 0.859. The van der Waals surface area contributed by atoms with Gasteiger partial charge in [0.15, 0.2) is 0 Å². The molecular weight excluding hydrogens is 264 g/mol. The van der Waals surface area contributed by atoms with E-state index in [1.807, 2.05) is 0 Å². The summed E-state index contributed by atoms with van der Waals surface area (Å²) in [6, 6.07) is 0. The number of hydrogen-bond acceptors (Lipinski definition) is 4. The summed E-state index contributed by atoms with van der Waals surface area (Å²) in [6.07, 6.45) is 5.87. The van der Waals surface area contributed by atoms with Crippen LogP contribution >= 0.6 is 11.3 Å². The number of hydrogen-bond donors (Lipinski definition) is 2. The van der Waals surface area contributed by atoms with Crippen molar-refractivity contribution in [2.45, 2.75) is 45.1 Å². The van der Waals surface area contributed by atoms with Crippen LogP contribution in [0.5, 0.6) is 0 Å². The minimum Gasteiger partial charge on any atom is -0.481 e. The largest absolute Gasteiger partial charge is 0.481 e. The average Bonchev–Trinajstić information content (AvgIpc) is 2.90. The molecule has 0 aliphatic heterocycles. The van der Waals surface area contributed by atoms with Gasteiger partial charge in [-0.15, -0.1) is 11.3 Å². The predicted octanol–water partition coefficient (Wildman–Crippen LogP) is 2.18. The van der Waals surface area contributed by atoms with Gasteiger partial charge in [-0.05, 0) is 12.8 Å². The van der Waals surface area contributed by atoms with Crippen molar-refractivity contribution in [3.63, 3.8) is 0 Å². The lowest BCUT2D eigenvalue weighted by atomic mass is 9.71. The molecule has 6 heteroatoms. The Labute approximate surface area is 116 Å². The van der Waals surface area contributed by atoms with Gasteiger partial charge < -0.3 is 10.4 Å². The Morgan fingerprint density at radius 1 is 1.37 bits per heavy atom. The molecule has 0 spiro atoms. The van der Waals surface area contributed by atoms with Crippen molar-refractivity contribution in [2.75, 3.05) is 0 Å². The molecular formula is C13H18N2O3S. The predicted molar refractivity (Wildman–Crippen MR) is 71.7 cm³/mol. The van der Waals surface area contributed by atoms with Crippen molar-refractivity contribution < 1.29 is 14.7 Å². The molecule has 1 fully saturated rings. The number of rotatable bonds is 5. The van der Waals surface area contributed by atoms with Gasteiger partial charge in [0.05, 0.1) is 17.5 Å². The van der Waals surface area contributed by atoms with Crippen molar-refractivity contribution >= 4 is 23.2 Å². The molecule has 0 saturated heterocycles. The van der Waals surface area contributed by atoms with E-state index in [4.69, 9.17) is 0 Å². The van der Waals surface area contributed by atoms with Crippen molar-refractivity contribution in [3.8, 4) is 0 Å². The zero-order valence-electron chi connectivity index (χ0n) is 10.7. The van der Waals surface area contributed by atoms with Crippen molar-refractivity contribution in [1.82, 2.24) is 10.3 Å². The van der Waals surface area contributed by atoms with E-state index in [1.54, 1.807) is 11.7 Å². The number of carbonyl (C=O) groups is 2. The maximum absolute atomic E-state index is 11.9. The summed E-state index contributed by atoms with van der Waals surface area (Å²) in [7, 11) is 0. The minimum absolute atomic E-state index is 0.0845.